The first-order valence-corrected chi connectivity index (χ1v) is 9.29. The van der Waals surface area contributed by atoms with E-state index in [1.54, 1.807) is 6.07 Å². The number of phenolic OH excluding ortho intramolecular Hbond substituents is 2. The highest BCUT2D eigenvalue weighted by Gasteiger charge is 2.23. The number of rotatable bonds is 11. The molecule has 8 heteroatoms. The van der Waals surface area contributed by atoms with Crippen LogP contribution in [0.1, 0.15) is 45.1 Å². The molecule has 1 atom stereocenters. The summed E-state index contributed by atoms with van der Waals surface area (Å²) in [6.45, 7) is 4.02. The second kappa shape index (κ2) is 11.6. The Bertz CT molecular complexity index is 713. The lowest BCUT2D eigenvalue weighted by atomic mass is 10.0. The van der Waals surface area contributed by atoms with Gasteiger partial charge >= 0.3 is 5.97 Å². The van der Waals surface area contributed by atoms with Gasteiger partial charge in [-0.25, -0.2) is 4.79 Å². The number of nitrogens with one attached hydrogen (secondary N) is 2. The van der Waals surface area contributed by atoms with Gasteiger partial charge in [-0.3, -0.25) is 9.59 Å². The summed E-state index contributed by atoms with van der Waals surface area (Å²) in [7, 11) is 0. The molecule has 0 saturated carbocycles. The summed E-state index contributed by atoms with van der Waals surface area (Å²) in [4.78, 5) is 35.2. The molecule has 1 aromatic carbocycles. The van der Waals surface area contributed by atoms with E-state index in [9.17, 15) is 29.7 Å². The van der Waals surface area contributed by atoms with E-state index >= 15 is 0 Å². The van der Waals surface area contributed by atoms with Crippen LogP contribution in [0.5, 0.6) is 11.5 Å². The fourth-order valence-electron chi connectivity index (χ4n) is 2.60. The lowest BCUT2D eigenvalue weighted by molar-refractivity contribution is -0.142. The average molecular weight is 392 g/mol. The van der Waals surface area contributed by atoms with Crippen molar-refractivity contribution in [1.29, 1.82) is 0 Å². The Morgan fingerprint density at radius 2 is 1.79 bits per heavy atom. The predicted octanol–water partition coefficient (Wildman–Crippen LogP) is 2.01. The van der Waals surface area contributed by atoms with Gasteiger partial charge in [0.1, 0.15) is 6.04 Å². The molecule has 1 aromatic rings. The van der Waals surface area contributed by atoms with Gasteiger partial charge in [-0.2, -0.15) is 0 Å². The van der Waals surface area contributed by atoms with Crippen LogP contribution in [0.3, 0.4) is 0 Å². The Labute approximate surface area is 164 Å². The standard InChI is InChI=1S/C20H28N2O6/c1-3-14(4-2)19(26)22-15(20(27)28)6-5-11-21-18(25)10-8-13-7-9-16(23)17(24)12-13/h7-10,12,14-15,23-24H,3-6,11H2,1-2H3,(H,21,25)(H,22,26)(H,27,28)/b10-8+/t15-/m0/s1. The van der Waals surface area contributed by atoms with Crippen molar-refractivity contribution in [3.63, 3.8) is 0 Å². The first kappa shape index (κ1) is 23.0. The molecule has 0 aromatic heterocycles. The molecule has 8 nitrogen and oxygen atoms in total. The zero-order valence-corrected chi connectivity index (χ0v) is 16.1. The summed E-state index contributed by atoms with van der Waals surface area (Å²) < 4.78 is 0. The largest absolute Gasteiger partial charge is 0.504 e. The number of carboxylic acid groups (broad SMARTS) is 1. The van der Waals surface area contributed by atoms with E-state index in [4.69, 9.17) is 0 Å². The van der Waals surface area contributed by atoms with Crippen molar-refractivity contribution in [1.82, 2.24) is 10.6 Å². The van der Waals surface area contributed by atoms with Gasteiger partial charge in [-0.05, 0) is 49.5 Å². The van der Waals surface area contributed by atoms with E-state index < -0.39 is 12.0 Å². The molecular formula is C20H28N2O6. The molecule has 0 unspecified atom stereocenters. The molecule has 0 saturated heterocycles. The minimum Gasteiger partial charge on any atom is -0.504 e. The maximum Gasteiger partial charge on any atom is 0.326 e. The maximum atomic E-state index is 12.0. The van der Waals surface area contributed by atoms with Crippen LogP contribution in [0.15, 0.2) is 24.3 Å². The summed E-state index contributed by atoms with van der Waals surface area (Å²) in [5.41, 5.74) is 0.542. The van der Waals surface area contributed by atoms with E-state index in [1.807, 2.05) is 13.8 Å². The van der Waals surface area contributed by atoms with Gasteiger partial charge in [0.05, 0.1) is 0 Å². The predicted molar refractivity (Wildman–Crippen MR) is 105 cm³/mol. The van der Waals surface area contributed by atoms with Crippen LogP contribution in [0.2, 0.25) is 0 Å². The summed E-state index contributed by atoms with van der Waals surface area (Å²) in [5, 5.41) is 33.1. The summed E-state index contributed by atoms with van der Waals surface area (Å²) in [6.07, 6.45) is 4.64. The van der Waals surface area contributed by atoms with Gasteiger partial charge in [0.25, 0.3) is 0 Å². The third kappa shape index (κ3) is 7.69. The lowest BCUT2D eigenvalue weighted by Crippen LogP contribution is -2.43. The van der Waals surface area contributed by atoms with Crippen molar-refractivity contribution in [2.75, 3.05) is 6.54 Å². The average Bonchev–Trinajstić information content (AvgIpc) is 2.65. The van der Waals surface area contributed by atoms with E-state index in [1.165, 1.54) is 24.3 Å². The Morgan fingerprint density at radius 1 is 1.11 bits per heavy atom. The number of aromatic hydroxyl groups is 2. The minimum absolute atomic E-state index is 0.203. The number of hydrogen-bond acceptors (Lipinski definition) is 5. The molecule has 1 rings (SSSR count). The topological polar surface area (TPSA) is 136 Å². The van der Waals surface area contributed by atoms with Crippen LogP contribution in [0.4, 0.5) is 0 Å². The molecule has 0 radical (unpaired) electrons. The highest BCUT2D eigenvalue weighted by molar-refractivity contribution is 5.91. The third-order valence-corrected chi connectivity index (χ3v) is 4.37. The molecule has 5 N–H and O–H groups in total. The molecule has 0 spiro atoms. The second-order valence-electron chi connectivity index (χ2n) is 6.43. The molecule has 0 aliphatic heterocycles. The Hall–Kier alpha value is -3.03. The number of benzene rings is 1. The van der Waals surface area contributed by atoms with Crippen molar-refractivity contribution in [2.45, 2.75) is 45.6 Å². The SMILES string of the molecule is CCC(CC)C(=O)N[C@@H](CCCNC(=O)/C=C/c1ccc(O)c(O)c1)C(=O)O. The monoisotopic (exact) mass is 392 g/mol. The van der Waals surface area contributed by atoms with Crippen molar-refractivity contribution in [3.05, 3.63) is 29.8 Å². The fourth-order valence-corrected chi connectivity index (χ4v) is 2.60. The van der Waals surface area contributed by atoms with Crippen molar-refractivity contribution >= 4 is 23.9 Å². The number of phenols is 2. The van der Waals surface area contributed by atoms with Crippen LogP contribution >= 0.6 is 0 Å². The molecule has 0 heterocycles. The first-order chi connectivity index (χ1) is 13.3. The highest BCUT2D eigenvalue weighted by Crippen LogP contribution is 2.25. The van der Waals surface area contributed by atoms with Crippen LogP contribution < -0.4 is 10.6 Å². The van der Waals surface area contributed by atoms with E-state index in [0.29, 0.717) is 24.8 Å². The number of aliphatic carboxylic acids is 1. The van der Waals surface area contributed by atoms with Crippen molar-refractivity contribution < 1.29 is 29.7 Å². The van der Waals surface area contributed by atoms with Crippen molar-refractivity contribution in [3.8, 4) is 11.5 Å². The Balaban J connectivity index is 2.42. The van der Waals surface area contributed by atoms with Gasteiger partial charge in [-0.15, -0.1) is 0 Å². The Morgan fingerprint density at radius 3 is 2.36 bits per heavy atom. The summed E-state index contributed by atoms with van der Waals surface area (Å²) >= 11 is 0. The van der Waals surface area contributed by atoms with Crippen LogP contribution in [0, 0.1) is 5.92 Å². The lowest BCUT2D eigenvalue weighted by Gasteiger charge is -2.18. The molecule has 28 heavy (non-hydrogen) atoms. The second-order valence-corrected chi connectivity index (χ2v) is 6.43. The zero-order valence-electron chi connectivity index (χ0n) is 16.1. The summed E-state index contributed by atoms with van der Waals surface area (Å²) in [5.74, 6) is -2.46. The molecular weight excluding hydrogens is 364 g/mol. The molecule has 0 fully saturated rings. The molecule has 0 aliphatic carbocycles. The third-order valence-electron chi connectivity index (χ3n) is 4.37. The fraction of sp³-hybridized carbons (Fsp3) is 0.450. The molecule has 154 valence electrons. The Kier molecular flexibility index (Phi) is 9.56. The van der Waals surface area contributed by atoms with E-state index in [0.717, 1.165) is 0 Å². The van der Waals surface area contributed by atoms with Crippen LogP contribution in [-0.4, -0.2) is 45.7 Å². The van der Waals surface area contributed by atoms with E-state index in [2.05, 4.69) is 10.6 Å². The summed E-state index contributed by atoms with van der Waals surface area (Å²) in [6, 6.07) is 3.19. The van der Waals surface area contributed by atoms with Crippen LogP contribution in [0.25, 0.3) is 6.08 Å². The van der Waals surface area contributed by atoms with Gasteiger partial charge in [-0.1, -0.05) is 19.9 Å². The zero-order chi connectivity index (χ0) is 21.1. The molecule has 0 aliphatic rings. The van der Waals surface area contributed by atoms with E-state index in [-0.39, 0.29) is 42.2 Å². The number of amides is 2. The van der Waals surface area contributed by atoms with Gasteiger partial charge in [0.2, 0.25) is 11.8 Å². The first-order valence-electron chi connectivity index (χ1n) is 9.29. The minimum atomic E-state index is -1.10. The van der Waals surface area contributed by atoms with Crippen LogP contribution in [-0.2, 0) is 14.4 Å². The molecule has 0 bridgehead atoms. The number of carbonyl (C=O) groups excluding carboxylic acids is 2. The molecule has 2 amide bonds. The normalized spacial score (nSPS) is 12.1. The van der Waals surface area contributed by atoms with Gasteiger partial charge in [0, 0.05) is 18.5 Å². The number of carboxylic acids is 1. The maximum absolute atomic E-state index is 12.0. The smallest absolute Gasteiger partial charge is 0.326 e. The van der Waals surface area contributed by atoms with Gasteiger partial charge in [0.15, 0.2) is 11.5 Å². The highest BCUT2D eigenvalue weighted by atomic mass is 16.4. The van der Waals surface area contributed by atoms with Gasteiger partial charge < -0.3 is 26.0 Å². The quantitative estimate of drug-likeness (QED) is 0.222. The number of hydrogen-bond donors (Lipinski definition) is 5. The number of carbonyl (C=O) groups is 3. The van der Waals surface area contributed by atoms with Crippen molar-refractivity contribution in [2.24, 2.45) is 5.92 Å².